The molecule has 8 nitrogen and oxygen atoms in total. The van der Waals surface area contributed by atoms with Gasteiger partial charge in [0.1, 0.15) is 11.5 Å². The minimum atomic E-state index is -3.69. The van der Waals surface area contributed by atoms with Crippen LogP contribution in [0.5, 0.6) is 11.5 Å². The third-order valence-electron chi connectivity index (χ3n) is 4.21. The number of ether oxygens (including phenoxy) is 2. The molecule has 1 aliphatic rings. The van der Waals surface area contributed by atoms with E-state index in [-0.39, 0.29) is 42.0 Å². The van der Waals surface area contributed by atoms with Gasteiger partial charge in [-0.3, -0.25) is 9.59 Å². The molecule has 0 bridgehead atoms. The molecule has 0 unspecified atom stereocenters. The number of benzene rings is 2. The maximum absolute atomic E-state index is 12.5. The number of nitrogens with one attached hydrogen (secondary N) is 2. The molecule has 0 aliphatic carbocycles. The van der Waals surface area contributed by atoms with Gasteiger partial charge in [0.25, 0.3) is 5.91 Å². The van der Waals surface area contributed by atoms with Crippen molar-refractivity contribution >= 4 is 27.3 Å². The molecule has 9 heteroatoms. The fraction of sp³-hybridized carbons (Fsp3) is 0.263. The van der Waals surface area contributed by atoms with E-state index < -0.39 is 9.84 Å². The predicted octanol–water partition coefficient (Wildman–Crippen LogP) is 1.51. The van der Waals surface area contributed by atoms with Crippen molar-refractivity contribution in [3.63, 3.8) is 0 Å². The number of carbonyl (C=O) groups excluding carboxylic acids is 2. The van der Waals surface area contributed by atoms with Crippen molar-refractivity contribution in [2.24, 2.45) is 0 Å². The van der Waals surface area contributed by atoms with Crippen LogP contribution in [-0.4, -0.2) is 39.7 Å². The lowest BCUT2D eigenvalue weighted by molar-refractivity contribution is -0.121. The first-order valence-corrected chi connectivity index (χ1v) is 10.2. The van der Waals surface area contributed by atoms with Crippen LogP contribution in [0.15, 0.2) is 47.4 Å². The van der Waals surface area contributed by atoms with Crippen LogP contribution in [0.1, 0.15) is 12.0 Å². The van der Waals surface area contributed by atoms with Crippen molar-refractivity contribution in [2.45, 2.75) is 17.9 Å². The first-order chi connectivity index (χ1) is 13.4. The lowest BCUT2D eigenvalue weighted by Crippen LogP contribution is -2.26. The summed E-state index contributed by atoms with van der Waals surface area (Å²) in [7, 11) is -2.15. The van der Waals surface area contributed by atoms with Crippen molar-refractivity contribution in [3.8, 4) is 11.5 Å². The Morgan fingerprint density at radius 1 is 1.25 bits per heavy atom. The van der Waals surface area contributed by atoms with E-state index in [0.29, 0.717) is 17.2 Å². The van der Waals surface area contributed by atoms with E-state index in [0.717, 1.165) is 5.56 Å². The summed E-state index contributed by atoms with van der Waals surface area (Å²) in [4.78, 5) is 23.5. The fourth-order valence-electron chi connectivity index (χ4n) is 2.73. The first-order valence-electron chi connectivity index (χ1n) is 8.57. The summed E-state index contributed by atoms with van der Waals surface area (Å²) < 4.78 is 35.5. The van der Waals surface area contributed by atoms with Crippen LogP contribution in [0.3, 0.4) is 0 Å². The molecule has 0 saturated carbocycles. The summed E-state index contributed by atoms with van der Waals surface area (Å²) in [6, 6.07) is 11.5. The molecule has 0 fully saturated rings. The maximum atomic E-state index is 12.5. The summed E-state index contributed by atoms with van der Waals surface area (Å²) in [6.07, 6.45) is -0.183. The van der Waals surface area contributed by atoms with Crippen LogP contribution in [-0.2, 0) is 26.0 Å². The highest BCUT2D eigenvalue weighted by Gasteiger charge is 2.21. The summed E-state index contributed by atoms with van der Waals surface area (Å²) in [6.45, 7) is 0.135. The average molecular weight is 404 g/mol. The highest BCUT2D eigenvalue weighted by Crippen LogP contribution is 2.30. The van der Waals surface area contributed by atoms with Gasteiger partial charge in [0, 0.05) is 18.5 Å². The molecule has 0 aromatic heterocycles. The number of hydrogen-bond acceptors (Lipinski definition) is 6. The van der Waals surface area contributed by atoms with Gasteiger partial charge in [-0.2, -0.15) is 0 Å². The van der Waals surface area contributed by atoms with Gasteiger partial charge in [-0.05, 0) is 24.3 Å². The Labute approximate surface area is 162 Å². The molecule has 2 amide bonds. The van der Waals surface area contributed by atoms with E-state index in [1.54, 1.807) is 13.2 Å². The van der Waals surface area contributed by atoms with Gasteiger partial charge < -0.3 is 20.1 Å². The average Bonchev–Trinajstić information content (AvgIpc) is 2.70. The number of carbonyl (C=O) groups is 2. The summed E-state index contributed by atoms with van der Waals surface area (Å²) in [5.74, 6) is -0.0260. The van der Waals surface area contributed by atoms with Gasteiger partial charge in [0.2, 0.25) is 5.91 Å². The van der Waals surface area contributed by atoms with E-state index in [1.165, 1.54) is 18.2 Å². The number of amides is 2. The van der Waals surface area contributed by atoms with Crippen molar-refractivity contribution in [2.75, 3.05) is 24.8 Å². The van der Waals surface area contributed by atoms with E-state index in [4.69, 9.17) is 9.47 Å². The highest BCUT2D eigenvalue weighted by atomic mass is 32.2. The van der Waals surface area contributed by atoms with Crippen LogP contribution in [0.4, 0.5) is 5.69 Å². The second-order valence-electron chi connectivity index (χ2n) is 6.15. The predicted molar refractivity (Wildman–Crippen MR) is 102 cm³/mol. The molecule has 0 radical (unpaired) electrons. The molecule has 1 heterocycles. The number of methoxy groups -OCH3 is 1. The van der Waals surface area contributed by atoms with Crippen molar-refractivity contribution in [1.29, 1.82) is 0 Å². The minimum Gasteiger partial charge on any atom is -0.496 e. The largest absolute Gasteiger partial charge is 0.496 e. The third kappa shape index (κ3) is 4.61. The van der Waals surface area contributed by atoms with Crippen LogP contribution in [0.25, 0.3) is 0 Å². The number of sulfone groups is 1. The van der Waals surface area contributed by atoms with Gasteiger partial charge in [-0.1, -0.05) is 18.2 Å². The van der Waals surface area contributed by atoms with Gasteiger partial charge in [-0.15, -0.1) is 0 Å². The maximum Gasteiger partial charge on any atom is 0.262 e. The standard InChI is InChI=1S/C19H20N2O6S/c1-26-16-5-3-2-4-13(16)11-20-18(22)8-9-28(24,25)14-6-7-17-15(10-14)21-19(23)12-27-17/h2-7,10H,8-9,11-12H2,1H3,(H,20,22)(H,21,23). The number of para-hydroxylation sites is 1. The Morgan fingerprint density at radius 2 is 2.04 bits per heavy atom. The summed E-state index contributed by atoms with van der Waals surface area (Å²) >= 11 is 0. The Morgan fingerprint density at radius 3 is 2.82 bits per heavy atom. The first kappa shape index (κ1) is 19.7. The van der Waals surface area contributed by atoms with Crippen molar-refractivity contribution < 1.29 is 27.5 Å². The monoisotopic (exact) mass is 404 g/mol. The van der Waals surface area contributed by atoms with E-state index in [1.807, 2.05) is 18.2 Å². The fourth-order valence-corrected chi connectivity index (χ4v) is 3.99. The molecule has 2 aromatic carbocycles. The molecular weight excluding hydrogens is 384 g/mol. The number of anilines is 1. The zero-order valence-corrected chi connectivity index (χ0v) is 16.0. The SMILES string of the molecule is COc1ccccc1CNC(=O)CCS(=O)(=O)c1ccc2c(c1)NC(=O)CO2. The Bertz CT molecular complexity index is 1000. The molecular formula is C19H20N2O6S. The van der Waals surface area contributed by atoms with Crippen molar-refractivity contribution in [3.05, 3.63) is 48.0 Å². The number of fused-ring (bicyclic) bond motifs is 1. The molecule has 0 spiro atoms. The summed E-state index contributed by atoms with van der Waals surface area (Å²) in [5, 5.41) is 5.26. The van der Waals surface area contributed by atoms with Crippen molar-refractivity contribution in [1.82, 2.24) is 5.32 Å². The van der Waals surface area contributed by atoms with Gasteiger partial charge >= 0.3 is 0 Å². The molecule has 28 heavy (non-hydrogen) atoms. The lowest BCUT2D eigenvalue weighted by Gasteiger charge is -2.18. The smallest absolute Gasteiger partial charge is 0.262 e. The Kier molecular flexibility index (Phi) is 5.84. The van der Waals surface area contributed by atoms with Gasteiger partial charge in [0.05, 0.1) is 23.4 Å². The molecule has 2 N–H and O–H groups in total. The topological polar surface area (TPSA) is 111 Å². The highest BCUT2D eigenvalue weighted by molar-refractivity contribution is 7.91. The minimum absolute atomic E-state index is 0.0228. The van der Waals surface area contributed by atoms with Gasteiger partial charge in [0.15, 0.2) is 16.4 Å². The third-order valence-corrected chi connectivity index (χ3v) is 5.92. The number of hydrogen-bond donors (Lipinski definition) is 2. The Hall–Kier alpha value is -3.07. The lowest BCUT2D eigenvalue weighted by atomic mass is 10.2. The van der Waals surface area contributed by atoms with Crippen LogP contribution in [0, 0.1) is 0 Å². The zero-order chi connectivity index (χ0) is 20.1. The second kappa shape index (κ2) is 8.30. The normalized spacial score (nSPS) is 13.1. The second-order valence-corrected chi connectivity index (χ2v) is 8.26. The molecule has 148 valence electrons. The van der Waals surface area contributed by atoms with Crippen LogP contribution < -0.4 is 20.1 Å². The zero-order valence-electron chi connectivity index (χ0n) is 15.2. The van der Waals surface area contributed by atoms with Crippen LogP contribution >= 0.6 is 0 Å². The molecule has 1 aliphatic heterocycles. The quantitative estimate of drug-likeness (QED) is 0.724. The van der Waals surface area contributed by atoms with Gasteiger partial charge in [-0.25, -0.2) is 8.42 Å². The van der Waals surface area contributed by atoms with E-state index in [2.05, 4.69) is 10.6 Å². The molecule has 0 saturated heterocycles. The Balaban J connectivity index is 1.59. The van der Waals surface area contributed by atoms with E-state index in [9.17, 15) is 18.0 Å². The molecule has 3 rings (SSSR count). The van der Waals surface area contributed by atoms with Crippen LogP contribution in [0.2, 0.25) is 0 Å². The number of rotatable bonds is 7. The molecule has 2 aromatic rings. The van der Waals surface area contributed by atoms with E-state index >= 15 is 0 Å². The summed E-state index contributed by atoms with van der Waals surface area (Å²) in [5.41, 5.74) is 1.10. The molecule has 0 atom stereocenters.